The van der Waals surface area contributed by atoms with E-state index in [-0.39, 0.29) is 29.1 Å². The van der Waals surface area contributed by atoms with Gasteiger partial charge in [-0.1, -0.05) is 0 Å². The highest BCUT2D eigenvalue weighted by atomic mass is 19.1. The van der Waals surface area contributed by atoms with Gasteiger partial charge in [-0.05, 0) is 36.2 Å². The van der Waals surface area contributed by atoms with Crippen LogP contribution in [-0.2, 0) is 11.2 Å². The van der Waals surface area contributed by atoms with E-state index in [1.165, 1.54) is 31.3 Å². The van der Waals surface area contributed by atoms with Gasteiger partial charge in [0, 0.05) is 36.6 Å². The fourth-order valence-electron chi connectivity index (χ4n) is 2.65. The lowest BCUT2D eigenvalue weighted by atomic mass is 10.00. The van der Waals surface area contributed by atoms with Crippen molar-refractivity contribution >= 4 is 22.7 Å². The third-order valence-electron chi connectivity index (χ3n) is 3.90. The van der Waals surface area contributed by atoms with E-state index >= 15 is 0 Å². The molecule has 0 bridgehead atoms. The number of hydrogen-bond donors (Lipinski definition) is 2. The molecule has 0 aliphatic carbocycles. The number of amides is 1. The van der Waals surface area contributed by atoms with Crippen LogP contribution in [0, 0.1) is 12.7 Å². The van der Waals surface area contributed by atoms with Crippen molar-refractivity contribution in [3.05, 3.63) is 63.4 Å². The van der Waals surface area contributed by atoms with Gasteiger partial charge in [-0.15, -0.1) is 0 Å². The number of anilines is 1. The molecule has 0 fully saturated rings. The summed E-state index contributed by atoms with van der Waals surface area (Å²) in [4.78, 5) is 27.2. The van der Waals surface area contributed by atoms with Crippen LogP contribution < -0.4 is 10.9 Å². The molecule has 25 heavy (non-hydrogen) atoms. The molecule has 0 aliphatic heterocycles. The molecular formula is C18H15FN2O4. The van der Waals surface area contributed by atoms with Crippen molar-refractivity contribution < 1.29 is 18.7 Å². The smallest absolute Gasteiger partial charge is 0.340 e. The summed E-state index contributed by atoms with van der Waals surface area (Å²) in [6.45, 7) is 2.99. The van der Waals surface area contributed by atoms with E-state index in [4.69, 9.17) is 4.42 Å². The topological polar surface area (TPSA) is 92.4 Å². The molecule has 0 saturated heterocycles. The standard InChI is InChI=1S/C18H15FN2O4/c1-9-13-4-3-12(23)8-15(13)25-18(24)14(9)7-11-5-6-20-17(16(11)19)21-10(2)22/h3-6,8,23H,7H2,1-2H3,(H,20,21,22). The van der Waals surface area contributed by atoms with Gasteiger partial charge in [0.05, 0.1) is 0 Å². The number of carbonyl (C=O) groups is 1. The Bertz CT molecular complexity index is 1040. The number of pyridine rings is 1. The summed E-state index contributed by atoms with van der Waals surface area (Å²) in [7, 11) is 0. The highest BCUT2D eigenvalue weighted by Gasteiger charge is 2.16. The molecule has 0 aliphatic rings. The van der Waals surface area contributed by atoms with Crippen LogP contribution in [0.15, 0.2) is 39.7 Å². The third-order valence-corrected chi connectivity index (χ3v) is 3.90. The third kappa shape index (κ3) is 3.21. The van der Waals surface area contributed by atoms with Gasteiger partial charge in [0.2, 0.25) is 5.91 Å². The molecule has 128 valence electrons. The minimum absolute atomic E-state index is 0.00801. The highest BCUT2D eigenvalue weighted by molar-refractivity contribution is 5.87. The first-order valence-electron chi connectivity index (χ1n) is 7.53. The normalized spacial score (nSPS) is 10.8. The highest BCUT2D eigenvalue weighted by Crippen LogP contribution is 2.25. The molecule has 3 rings (SSSR count). The van der Waals surface area contributed by atoms with E-state index in [0.29, 0.717) is 16.5 Å². The molecule has 2 aromatic heterocycles. The van der Waals surface area contributed by atoms with Crippen molar-refractivity contribution in [3.63, 3.8) is 0 Å². The van der Waals surface area contributed by atoms with Gasteiger partial charge < -0.3 is 14.8 Å². The Morgan fingerprint density at radius 1 is 1.36 bits per heavy atom. The zero-order valence-electron chi connectivity index (χ0n) is 13.6. The number of fused-ring (bicyclic) bond motifs is 1. The minimum Gasteiger partial charge on any atom is -0.508 e. The number of hydrogen-bond acceptors (Lipinski definition) is 5. The van der Waals surface area contributed by atoms with Crippen LogP contribution in [0.5, 0.6) is 5.75 Å². The Hall–Kier alpha value is -3.22. The largest absolute Gasteiger partial charge is 0.508 e. The molecule has 0 saturated carbocycles. The Morgan fingerprint density at radius 3 is 2.84 bits per heavy atom. The van der Waals surface area contributed by atoms with Crippen LogP contribution in [0.1, 0.15) is 23.6 Å². The fraction of sp³-hybridized carbons (Fsp3) is 0.167. The van der Waals surface area contributed by atoms with Crippen LogP contribution in [0.4, 0.5) is 10.2 Å². The van der Waals surface area contributed by atoms with Crippen LogP contribution in [-0.4, -0.2) is 16.0 Å². The van der Waals surface area contributed by atoms with Gasteiger partial charge in [0.1, 0.15) is 11.3 Å². The Labute approximate surface area is 141 Å². The summed E-state index contributed by atoms with van der Waals surface area (Å²) in [5.74, 6) is -1.33. The van der Waals surface area contributed by atoms with E-state index in [9.17, 15) is 19.1 Å². The first kappa shape index (κ1) is 16.6. The van der Waals surface area contributed by atoms with E-state index in [2.05, 4.69) is 10.3 Å². The van der Waals surface area contributed by atoms with Crippen molar-refractivity contribution in [3.8, 4) is 5.75 Å². The lowest BCUT2D eigenvalue weighted by molar-refractivity contribution is -0.114. The number of aryl methyl sites for hydroxylation is 1. The fourth-order valence-corrected chi connectivity index (χ4v) is 2.65. The Kier molecular flexibility index (Phi) is 4.22. The molecule has 1 amide bonds. The molecule has 2 N–H and O–H groups in total. The molecule has 7 heteroatoms. The van der Waals surface area contributed by atoms with Gasteiger partial charge in [-0.3, -0.25) is 4.79 Å². The van der Waals surface area contributed by atoms with E-state index in [1.807, 2.05) is 0 Å². The maximum Gasteiger partial charge on any atom is 0.340 e. The van der Waals surface area contributed by atoms with Crippen LogP contribution in [0.3, 0.4) is 0 Å². The zero-order valence-corrected chi connectivity index (χ0v) is 13.6. The van der Waals surface area contributed by atoms with Crippen LogP contribution in [0.25, 0.3) is 11.0 Å². The van der Waals surface area contributed by atoms with Crippen molar-refractivity contribution in [1.82, 2.24) is 4.98 Å². The number of halogens is 1. The van der Waals surface area contributed by atoms with Crippen LogP contribution >= 0.6 is 0 Å². The number of aromatic hydroxyl groups is 1. The zero-order chi connectivity index (χ0) is 18.1. The second-order valence-corrected chi connectivity index (χ2v) is 5.66. The first-order valence-corrected chi connectivity index (χ1v) is 7.53. The second kappa shape index (κ2) is 6.35. The Balaban J connectivity index is 2.08. The molecule has 1 aromatic carbocycles. The number of benzene rings is 1. The van der Waals surface area contributed by atoms with E-state index in [0.717, 1.165) is 0 Å². The van der Waals surface area contributed by atoms with Gasteiger partial charge in [-0.2, -0.15) is 0 Å². The van der Waals surface area contributed by atoms with Gasteiger partial charge in [0.15, 0.2) is 11.6 Å². The predicted molar refractivity (Wildman–Crippen MR) is 90.2 cm³/mol. The van der Waals surface area contributed by atoms with E-state index in [1.54, 1.807) is 13.0 Å². The second-order valence-electron chi connectivity index (χ2n) is 5.66. The van der Waals surface area contributed by atoms with Crippen LogP contribution in [0.2, 0.25) is 0 Å². The summed E-state index contributed by atoms with van der Waals surface area (Å²) in [6, 6.07) is 5.93. The summed E-state index contributed by atoms with van der Waals surface area (Å²) >= 11 is 0. The van der Waals surface area contributed by atoms with Crippen molar-refractivity contribution in [2.45, 2.75) is 20.3 Å². The average molecular weight is 342 g/mol. The number of nitrogens with one attached hydrogen (secondary N) is 1. The Morgan fingerprint density at radius 2 is 2.12 bits per heavy atom. The number of phenols is 1. The van der Waals surface area contributed by atoms with Gasteiger partial charge >= 0.3 is 5.63 Å². The average Bonchev–Trinajstić information content (AvgIpc) is 2.54. The molecule has 3 aromatic rings. The quantitative estimate of drug-likeness (QED) is 0.714. The number of nitrogens with zero attached hydrogens (tertiary/aromatic N) is 1. The lowest BCUT2D eigenvalue weighted by Gasteiger charge is -2.10. The number of phenolic OH excluding ortho intramolecular Hbond substituents is 1. The summed E-state index contributed by atoms with van der Waals surface area (Å²) in [5, 5.41) is 12.5. The molecule has 0 unspecified atom stereocenters. The molecule has 0 radical (unpaired) electrons. The monoisotopic (exact) mass is 342 g/mol. The number of rotatable bonds is 3. The minimum atomic E-state index is -0.692. The van der Waals surface area contributed by atoms with Crippen molar-refractivity contribution in [2.75, 3.05) is 5.32 Å². The van der Waals surface area contributed by atoms with Gasteiger partial charge in [0.25, 0.3) is 0 Å². The van der Waals surface area contributed by atoms with Gasteiger partial charge in [-0.25, -0.2) is 14.2 Å². The van der Waals surface area contributed by atoms with Crippen molar-refractivity contribution in [2.24, 2.45) is 0 Å². The van der Waals surface area contributed by atoms with Crippen molar-refractivity contribution in [1.29, 1.82) is 0 Å². The molecule has 0 atom stereocenters. The number of aromatic nitrogens is 1. The number of carbonyl (C=O) groups excluding carboxylic acids is 1. The predicted octanol–water partition coefficient (Wildman–Crippen LogP) is 2.89. The first-order chi connectivity index (χ1) is 11.9. The summed E-state index contributed by atoms with van der Waals surface area (Å²) in [5.41, 5.74) is 0.821. The lowest BCUT2D eigenvalue weighted by Crippen LogP contribution is -2.14. The van der Waals surface area contributed by atoms with E-state index < -0.39 is 17.3 Å². The molecule has 2 heterocycles. The summed E-state index contributed by atoms with van der Waals surface area (Å²) < 4.78 is 19.7. The maximum absolute atomic E-state index is 14.5. The maximum atomic E-state index is 14.5. The summed E-state index contributed by atoms with van der Waals surface area (Å²) in [6.07, 6.45) is 1.35. The molecular weight excluding hydrogens is 327 g/mol. The molecule has 0 spiro atoms. The molecule has 6 nitrogen and oxygen atoms in total. The SMILES string of the molecule is CC(=O)Nc1nccc(Cc2c(C)c3ccc(O)cc3oc2=O)c1F.